The van der Waals surface area contributed by atoms with Crippen molar-refractivity contribution in [3.05, 3.63) is 35.9 Å². The van der Waals surface area contributed by atoms with Gasteiger partial charge in [-0.2, -0.15) is 0 Å². The van der Waals surface area contributed by atoms with Crippen LogP contribution >= 0.6 is 0 Å². The highest BCUT2D eigenvalue weighted by molar-refractivity contribution is 5.96. The Balaban J connectivity index is 1.95. The molecule has 1 aromatic rings. The first-order valence-corrected chi connectivity index (χ1v) is 11.1. The van der Waals surface area contributed by atoms with Crippen molar-refractivity contribution in [2.45, 2.75) is 51.7 Å². The maximum Gasteiger partial charge on any atom is 0.336 e. The summed E-state index contributed by atoms with van der Waals surface area (Å²) in [6, 6.07) is 6.02. The Morgan fingerprint density at radius 2 is 1.76 bits per heavy atom. The van der Waals surface area contributed by atoms with Gasteiger partial charge < -0.3 is 20.7 Å². The Morgan fingerprint density at radius 3 is 2.29 bits per heavy atom. The van der Waals surface area contributed by atoms with Crippen molar-refractivity contribution in [3.8, 4) is 0 Å². The number of rotatable bonds is 10. The Morgan fingerprint density at radius 1 is 1.12 bits per heavy atom. The molecule has 1 fully saturated rings. The molecule has 11 heteroatoms. The maximum absolute atomic E-state index is 12.8. The summed E-state index contributed by atoms with van der Waals surface area (Å²) < 4.78 is 4.74. The Hall–Kier alpha value is -3.63. The normalized spacial score (nSPS) is 16.7. The summed E-state index contributed by atoms with van der Waals surface area (Å²) in [5, 5.41) is 10.0. The third kappa shape index (κ3) is 7.19. The van der Waals surface area contributed by atoms with E-state index in [1.165, 1.54) is 21.1 Å². The number of methoxy groups -OCH3 is 1. The highest BCUT2D eigenvalue weighted by atomic mass is 16.5. The maximum atomic E-state index is 12.8. The molecule has 1 saturated heterocycles. The fourth-order valence-electron chi connectivity index (χ4n) is 3.54. The van der Waals surface area contributed by atoms with Crippen molar-refractivity contribution < 1.29 is 28.7 Å². The SMILES string of the molecule is COC(=O)[C@H](CC(C)C)NC(=O)N(C)N1C[C@H](NC(=O)[C@H](Cc2ccccc2)NC(C)=O)C1=O. The van der Waals surface area contributed by atoms with Gasteiger partial charge in [0, 0.05) is 20.4 Å². The quantitative estimate of drug-likeness (QED) is 0.327. The second-order valence-corrected chi connectivity index (χ2v) is 8.60. The van der Waals surface area contributed by atoms with Crippen molar-refractivity contribution in [3.63, 3.8) is 0 Å². The minimum absolute atomic E-state index is 0.0691. The number of amides is 5. The summed E-state index contributed by atoms with van der Waals surface area (Å²) >= 11 is 0. The summed E-state index contributed by atoms with van der Waals surface area (Å²) in [5.41, 5.74) is 0.857. The Kier molecular flexibility index (Phi) is 9.40. The fourth-order valence-corrected chi connectivity index (χ4v) is 3.54. The summed E-state index contributed by atoms with van der Waals surface area (Å²) in [6.45, 7) is 5.20. The van der Waals surface area contributed by atoms with E-state index in [9.17, 15) is 24.0 Å². The number of hydrogen-bond acceptors (Lipinski definition) is 6. The molecule has 1 aliphatic rings. The lowest BCUT2D eigenvalue weighted by molar-refractivity contribution is -0.162. The summed E-state index contributed by atoms with van der Waals surface area (Å²) in [6.07, 6.45) is 0.648. The van der Waals surface area contributed by atoms with Crippen LogP contribution in [0.2, 0.25) is 0 Å². The third-order valence-electron chi connectivity index (χ3n) is 5.35. The van der Waals surface area contributed by atoms with E-state index in [1.54, 1.807) is 0 Å². The van der Waals surface area contributed by atoms with Crippen LogP contribution in [0.1, 0.15) is 32.8 Å². The molecule has 0 spiro atoms. The predicted octanol–water partition coefficient (Wildman–Crippen LogP) is 0.205. The molecule has 0 aromatic heterocycles. The Bertz CT molecular complexity index is 906. The highest BCUT2D eigenvalue weighted by Gasteiger charge is 2.43. The van der Waals surface area contributed by atoms with Gasteiger partial charge in [-0.25, -0.2) is 19.6 Å². The van der Waals surface area contributed by atoms with Crippen LogP contribution in [0.4, 0.5) is 4.79 Å². The molecule has 0 aliphatic carbocycles. The topological polar surface area (TPSA) is 137 Å². The molecular weight excluding hydrogens is 442 g/mol. The van der Waals surface area contributed by atoms with Gasteiger partial charge in [-0.15, -0.1) is 0 Å². The van der Waals surface area contributed by atoms with Gasteiger partial charge in [0.15, 0.2) is 0 Å². The number of urea groups is 1. The largest absolute Gasteiger partial charge is 0.467 e. The van der Waals surface area contributed by atoms with Gasteiger partial charge in [0.25, 0.3) is 5.91 Å². The average Bonchev–Trinajstić information content (AvgIpc) is 2.79. The van der Waals surface area contributed by atoms with Crippen LogP contribution in [-0.2, 0) is 30.3 Å². The van der Waals surface area contributed by atoms with Crippen molar-refractivity contribution in [1.82, 2.24) is 26.0 Å². The zero-order chi connectivity index (χ0) is 25.4. The van der Waals surface area contributed by atoms with Crippen molar-refractivity contribution in [2.75, 3.05) is 20.7 Å². The first-order chi connectivity index (χ1) is 16.0. The standard InChI is InChI=1S/C23H33N5O6/c1-14(2)11-18(22(32)34-5)26-23(33)27(4)28-13-19(21(28)31)25-20(30)17(24-15(3)29)12-16-9-7-6-8-10-16/h6-10,14,17-19H,11-13H2,1-5H3,(H,24,29)(H,25,30)(H,26,33)/t17-,18-,19-/m0/s1. The average molecular weight is 476 g/mol. The smallest absolute Gasteiger partial charge is 0.336 e. The summed E-state index contributed by atoms with van der Waals surface area (Å²) in [5.74, 6) is -1.78. The second kappa shape index (κ2) is 12.0. The van der Waals surface area contributed by atoms with E-state index in [2.05, 4.69) is 16.0 Å². The number of nitrogens with one attached hydrogen (secondary N) is 3. The minimum Gasteiger partial charge on any atom is -0.467 e. The molecule has 0 unspecified atom stereocenters. The van der Waals surface area contributed by atoms with E-state index in [4.69, 9.17) is 4.74 Å². The first kappa shape index (κ1) is 26.6. The summed E-state index contributed by atoms with van der Waals surface area (Å²) in [7, 11) is 2.63. The molecule has 3 N–H and O–H groups in total. The molecule has 11 nitrogen and oxygen atoms in total. The van der Waals surface area contributed by atoms with Crippen molar-refractivity contribution in [1.29, 1.82) is 0 Å². The van der Waals surface area contributed by atoms with E-state index in [0.29, 0.717) is 6.42 Å². The molecule has 5 amide bonds. The van der Waals surface area contributed by atoms with Gasteiger partial charge in [-0.3, -0.25) is 14.4 Å². The molecular formula is C23H33N5O6. The van der Waals surface area contributed by atoms with Gasteiger partial charge in [0.05, 0.1) is 13.7 Å². The number of hydrazine groups is 1. The minimum atomic E-state index is -0.848. The molecule has 34 heavy (non-hydrogen) atoms. The number of carbonyl (C=O) groups is 5. The molecule has 0 saturated carbocycles. The van der Waals surface area contributed by atoms with Crippen LogP contribution in [0, 0.1) is 5.92 Å². The van der Waals surface area contributed by atoms with Gasteiger partial charge in [0.1, 0.15) is 18.1 Å². The van der Waals surface area contributed by atoms with Gasteiger partial charge >= 0.3 is 12.0 Å². The molecule has 0 bridgehead atoms. The van der Waals surface area contributed by atoms with Crippen LogP contribution in [0.5, 0.6) is 0 Å². The van der Waals surface area contributed by atoms with Gasteiger partial charge in [0.2, 0.25) is 11.8 Å². The lowest BCUT2D eigenvalue weighted by Gasteiger charge is -2.43. The van der Waals surface area contributed by atoms with Gasteiger partial charge in [-0.1, -0.05) is 44.2 Å². The lowest BCUT2D eigenvalue weighted by atomic mass is 10.0. The van der Waals surface area contributed by atoms with Crippen LogP contribution in [0.3, 0.4) is 0 Å². The van der Waals surface area contributed by atoms with Crippen molar-refractivity contribution >= 4 is 29.7 Å². The molecule has 3 atom stereocenters. The molecule has 1 aromatic carbocycles. The summed E-state index contributed by atoms with van der Waals surface area (Å²) in [4.78, 5) is 61.5. The number of benzene rings is 1. The van der Waals surface area contributed by atoms with E-state index < -0.39 is 41.9 Å². The van der Waals surface area contributed by atoms with Gasteiger partial charge in [-0.05, 0) is 17.9 Å². The van der Waals surface area contributed by atoms with E-state index in [0.717, 1.165) is 15.6 Å². The first-order valence-electron chi connectivity index (χ1n) is 11.1. The molecule has 1 heterocycles. The van der Waals surface area contributed by atoms with E-state index in [1.807, 2.05) is 44.2 Å². The lowest BCUT2D eigenvalue weighted by Crippen LogP contribution is -2.71. The van der Waals surface area contributed by atoms with Crippen LogP contribution in [0.25, 0.3) is 0 Å². The molecule has 1 aliphatic heterocycles. The molecule has 2 rings (SSSR count). The number of ether oxygens (including phenoxy) is 1. The van der Waals surface area contributed by atoms with Crippen LogP contribution in [0.15, 0.2) is 30.3 Å². The number of carbonyl (C=O) groups excluding carboxylic acids is 5. The second-order valence-electron chi connectivity index (χ2n) is 8.60. The number of β-lactam (4-membered cyclic amide) rings is 1. The highest BCUT2D eigenvalue weighted by Crippen LogP contribution is 2.15. The predicted molar refractivity (Wildman–Crippen MR) is 123 cm³/mol. The zero-order valence-electron chi connectivity index (χ0n) is 20.2. The number of hydrogen-bond donors (Lipinski definition) is 3. The monoisotopic (exact) mass is 475 g/mol. The van der Waals surface area contributed by atoms with E-state index >= 15 is 0 Å². The fraction of sp³-hybridized carbons (Fsp3) is 0.522. The Labute approximate surface area is 199 Å². The number of nitrogens with zero attached hydrogens (tertiary/aromatic N) is 2. The third-order valence-corrected chi connectivity index (χ3v) is 5.35. The number of esters is 1. The molecule has 186 valence electrons. The molecule has 0 radical (unpaired) electrons. The zero-order valence-corrected chi connectivity index (χ0v) is 20.2. The van der Waals surface area contributed by atoms with Crippen LogP contribution in [-0.4, -0.2) is 78.6 Å². The van der Waals surface area contributed by atoms with Crippen molar-refractivity contribution in [2.24, 2.45) is 5.92 Å². The van der Waals surface area contributed by atoms with E-state index in [-0.39, 0.29) is 24.8 Å². The van der Waals surface area contributed by atoms with Crippen LogP contribution < -0.4 is 16.0 Å².